The normalized spacial score (nSPS) is 21.2. The van der Waals surface area contributed by atoms with Crippen molar-refractivity contribution in [1.82, 2.24) is 19.9 Å². The molecule has 7 rings (SSSR count). The Morgan fingerprint density at radius 1 is 1.02 bits per heavy atom. The van der Waals surface area contributed by atoms with Gasteiger partial charge in [-0.05, 0) is 59.6 Å². The van der Waals surface area contributed by atoms with Gasteiger partial charge in [-0.25, -0.2) is 22.0 Å². The minimum absolute atomic E-state index is 0.00400. The highest BCUT2D eigenvalue weighted by Gasteiger charge is 2.49. The predicted molar refractivity (Wildman–Crippen MR) is 217 cm³/mol. The van der Waals surface area contributed by atoms with Crippen LogP contribution in [0.5, 0.6) is 11.8 Å². The Kier molecular flexibility index (Phi) is 12.0. The molecular weight excluding hydrogens is 774 g/mol. The number of ether oxygens (including phenoxy) is 4. The largest absolute Gasteiger partial charge is 0.468 e. The molecule has 4 aromatic rings. The Morgan fingerprint density at radius 2 is 1.78 bits per heavy atom. The van der Waals surface area contributed by atoms with Crippen molar-refractivity contribution in [2.24, 2.45) is 0 Å². The third kappa shape index (κ3) is 7.85. The van der Waals surface area contributed by atoms with Crippen molar-refractivity contribution in [3.8, 4) is 34.5 Å². The second-order valence-corrected chi connectivity index (χ2v) is 22.5. The fraction of sp³-hybridized carbons (Fsp3) is 0.558. The van der Waals surface area contributed by atoms with E-state index < -0.39 is 50.5 Å². The van der Waals surface area contributed by atoms with Crippen LogP contribution in [0.15, 0.2) is 30.5 Å². The van der Waals surface area contributed by atoms with Gasteiger partial charge >= 0.3 is 6.01 Å². The van der Waals surface area contributed by atoms with Gasteiger partial charge in [0.05, 0.1) is 29.6 Å². The van der Waals surface area contributed by atoms with E-state index in [1.807, 2.05) is 0 Å². The third-order valence-corrected chi connectivity index (χ3v) is 18.6. The van der Waals surface area contributed by atoms with Crippen LogP contribution in [0.4, 0.5) is 27.8 Å². The summed E-state index contributed by atoms with van der Waals surface area (Å²) in [7, 11) is -0.875. The van der Waals surface area contributed by atoms with E-state index in [1.165, 1.54) is 24.3 Å². The van der Waals surface area contributed by atoms with Crippen LogP contribution in [-0.2, 0) is 9.47 Å². The van der Waals surface area contributed by atoms with Gasteiger partial charge < -0.3 is 23.8 Å². The molecule has 0 N–H and O–H groups in total. The van der Waals surface area contributed by atoms with E-state index in [0.29, 0.717) is 29.5 Å². The van der Waals surface area contributed by atoms with E-state index in [2.05, 4.69) is 72.9 Å². The molecule has 3 aliphatic rings. The second kappa shape index (κ2) is 16.5. The van der Waals surface area contributed by atoms with Crippen LogP contribution in [0.25, 0.3) is 32.9 Å². The fourth-order valence-corrected chi connectivity index (χ4v) is 14.9. The Labute approximate surface area is 337 Å². The van der Waals surface area contributed by atoms with E-state index in [9.17, 15) is 13.2 Å². The number of nitrogens with zero attached hydrogens (tertiary/aromatic N) is 5. The number of anilines is 1. The fourth-order valence-electron chi connectivity index (χ4n) is 9.68. The quantitative estimate of drug-likeness (QED) is 0.0637. The number of hydrogen-bond acceptors (Lipinski definition) is 9. The van der Waals surface area contributed by atoms with Crippen molar-refractivity contribution in [3.05, 3.63) is 47.7 Å². The summed E-state index contributed by atoms with van der Waals surface area (Å²) < 4.78 is 101. The standard InChI is InChI=1S/C43H52F5N5O4Si/c1-26(2)58(27(3)4,28(5)6)16-11-32-35(45)10-9-29-17-31(57-25-54-7)18-33(36(29)32)38-37(46)39-34(20-49-38)40(52-14-15-55-24-43(47,48)22-52)51-41(50-39)56-23-42-12-8-13-53(42)21-30(44)19-42/h9-10,17-18,20,26-28,30H,8,12-15,19,21-25H2,1-7H3/t30-,42+/m1/s1. The molecule has 3 fully saturated rings. The first-order chi connectivity index (χ1) is 27.6. The van der Waals surface area contributed by atoms with Crippen LogP contribution in [0.3, 0.4) is 0 Å². The predicted octanol–water partition coefficient (Wildman–Crippen LogP) is 9.10. The Hall–Kier alpha value is -4.10. The topological polar surface area (TPSA) is 82.1 Å². The summed E-state index contributed by atoms with van der Waals surface area (Å²) in [5.41, 5.74) is 3.73. The molecule has 3 saturated heterocycles. The van der Waals surface area contributed by atoms with Crippen molar-refractivity contribution < 1.29 is 40.9 Å². The Balaban J connectivity index is 1.44. The zero-order chi connectivity index (χ0) is 41.6. The molecule has 15 heteroatoms. The number of methoxy groups -OCH3 is 1. The Bertz CT molecular complexity index is 2210. The average molecular weight is 826 g/mol. The molecule has 5 heterocycles. The van der Waals surface area contributed by atoms with Gasteiger partial charge in [-0.1, -0.05) is 53.5 Å². The molecule has 58 heavy (non-hydrogen) atoms. The number of fused-ring (bicyclic) bond motifs is 3. The van der Waals surface area contributed by atoms with Gasteiger partial charge in [0.1, 0.15) is 56.1 Å². The van der Waals surface area contributed by atoms with Gasteiger partial charge in [0.15, 0.2) is 12.6 Å². The summed E-state index contributed by atoms with van der Waals surface area (Å²) in [6, 6.07) is 5.96. The molecule has 2 atom stereocenters. The number of halogens is 5. The molecule has 0 saturated carbocycles. The number of alkyl halides is 3. The van der Waals surface area contributed by atoms with Crippen molar-refractivity contribution in [3.63, 3.8) is 0 Å². The van der Waals surface area contributed by atoms with Crippen LogP contribution in [-0.4, -0.2) is 105 Å². The minimum atomic E-state index is -3.23. The summed E-state index contributed by atoms with van der Waals surface area (Å²) in [6.45, 7) is 12.4. The number of rotatable bonds is 11. The summed E-state index contributed by atoms with van der Waals surface area (Å²) in [5.74, 6) is -1.13. The number of benzene rings is 2. The molecule has 3 aliphatic heterocycles. The van der Waals surface area contributed by atoms with Gasteiger partial charge in [0.25, 0.3) is 5.92 Å². The first kappa shape index (κ1) is 42.0. The molecule has 9 nitrogen and oxygen atoms in total. The minimum Gasteiger partial charge on any atom is -0.468 e. The highest BCUT2D eigenvalue weighted by atomic mass is 28.3. The maximum Gasteiger partial charge on any atom is 0.319 e. The van der Waals surface area contributed by atoms with Crippen LogP contribution in [0.2, 0.25) is 16.6 Å². The van der Waals surface area contributed by atoms with E-state index in [1.54, 1.807) is 18.2 Å². The SMILES string of the molecule is COCOc1cc(-c2ncc3c(N4CCOCC(F)(F)C4)nc(OC[C@@]45CCCN4C[C@H](F)C5)nc3c2F)c2c(C#C[Si](C(C)C)(C(C)C)C(C)C)c(F)ccc2c1. The molecule has 0 spiro atoms. The van der Waals surface area contributed by atoms with Crippen molar-refractivity contribution in [2.75, 3.05) is 64.8 Å². The van der Waals surface area contributed by atoms with Crippen molar-refractivity contribution in [2.45, 2.75) is 95.1 Å². The zero-order valence-corrected chi connectivity index (χ0v) is 35.2. The number of hydrogen-bond donors (Lipinski definition) is 0. The maximum absolute atomic E-state index is 17.5. The lowest BCUT2D eigenvalue weighted by molar-refractivity contribution is -0.0564. The number of pyridine rings is 1. The lowest BCUT2D eigenvalue weighted by Gasteiger charge is -2.38. The molecular formula is C43H52F5N5O4Si. The molecule has 0 unspecified atom stereocenters. The lowest BCUT2D eigenvalue weighted by atomic mass is 9.95. The molecule has 2 aromatic heterocycles. The smallest absolute Gasteiger partial charge is 0.319 e. The first-order valence-electron chi connectivity index (χ1n) is 20.1. The maximum atomic E-state index is 17.5. The molecule has 312 valence electrons. The van der Waals surface area contributed by atoms with Crippen molar-refractivity contribution >= 4 is 35.6 Å². The molecule has 0 amide bonds. The Morgan fingerprint density at radius 3 is 2.50 bits per heavy atom. The highest BCUT2D eigenvalue weighted by molar-refractivity contribution is 6.90. The molecule has 0 bridgehead atoms. The summed E-state index contributed by atoms with van der Waals surface area (Å²) >= 11 is 0. The van der Waals surface area contributed by atoms with E-state index in [-0.39, 0.29) is 89.1 Å². The summed E-state index contributed by atoms with van der Waals surface area (Å²) in [5, 5.41) is 0.934. The average Bonchev–Trinajstić information content (AvgIpc) is 3.63. The van der Waals surface area contributed by atoms with E-state index in [4.69, 9.17) is 18.9 Å². The van der Waals surface area contributed by atoms with Crippen LogP contribution >= 0.6 is 0 Å². The van der Waals surface area contributed by atoms with Gasteiger partial charge in [0.2, 0.25) is 0 Å². The van der Waals surface area contributed by atoms with Crippen molar-refractivity contribution in [1.29, 1.82) is 0 Å². The van der Waals surface area contributed by atoms with Gasteiger partial charge in [-0.3, -0.25) is 9.88 Å². The van der Waals surface area contributed by atoms with Gasteiger partial charge in [-0.2, -0.15) is 9.97 Å². The first-order valence-corrected chi connectivity index (χ1v) is 22.3. The van der Waals surface area contributed by atoms with E-state index >= 15 is 8.78 Å². The monoisotopic (exact) mass is 825 g/mol. The highest BCUT2D eigenvalue weighted by Crippen LogP contribution is 2.44. The molecule has 2 aromatic carbocycles. The van der Waals surface area contributed by atoms with Gasteiger partial charge in [0, 0.05) is 43.8 Å². The van der Waals surface area contributed by atoms with E-state index in [0.717, 1.165) is 13.0 Å². The number of aromatic nitrogens is 3. The van der Waals surface area contributed by atoms with Gasteiger partial charge in [-0.15, -0.1) is 5.54 Å². The van der Waals surface area contributed by atoms with Crippen LogP contribution in [0, 0.1) is 23.1 Å². The summed E-state index contributed by atoms with van der Waals surface area (Å²) in [4.78, 5) is 17.1. The summed E-state index contributed by atoms with van der Waals surface area (Å²) in [6.07, 6.45) is 2.18. The molecule has 0 aliphatic carbocycles. The lowest BCUT2D eigenvalue weighted by Crippen LogP contribution is -2.43. The second-order valence-electron chi connectivity index (χ2n) is 16.9. The third-order valence-electron chi connectivity index (χ3n) is 12.3. The van der Waals surface area contributed by atoms with Crippen LogP contribution in [0.1, 0.15) is 66.4 Å². The zero-order valence-electron chi connectivity index (χ0n) is 34.2. The van der Waals surface area contributed by atoms with Crippen LogP contribution < -0.4 is 14.4 Å². The molecule has 0 radical (unpaired) electrons.